The Labute approximate surface area is 124 Å². The standard InChI is InChI=1S/C14H18Cl2N2O/c1-4-18(8-10(2)3)9-14(19)17-13-6-5-11(15)7-12(13)16/h5-7H,2,4,8-9H2,1,3H3,(H,17,19). The highest BCUT2D eigenvalue weighted by Gasteiger charge is 2.11. The van der Waals surface area contributed by atoms with Gasteiger partial charge >= 0.3 is 0 Å². The molecule has 0 atom stereocenters. The zero-order valence-electron chi connectivity index (χ0n) is 11.2. The molecular formula is C14H18Cl2N2O. The normalized spacial score (nSPS) is 10.6. The first-order valence-corrected chi connectivity index (χ1v) is 6.79. The minimum atomic E-state index is -0.104. The Kier molecular flexibility index (Phi) is 6.35. The maximum absolute atomic E-state index is 11.9. The molecule has 0 spiro atoms. The molecular weight excluding hydrogens is 283 g/mol. The van der Waals surface area contributed by atoms with Gasteiger partial charge in [-0.1, -0.05) is 42.3 Å². The van der Waals surface area contributed by atoms with Crippen molar-refractivity contribution in [3.8, 4) is 0 Å². The molecule has 0 aromatic heterocycles. The quantitative estimate of drug-likeness (QED) is 0.810. The van der Waals surface area contributed by atoms with Gasteiger partial charge in [0, 0.05) is 11.6 Å². The Morgan fingerprint density at radius 1 is 1.37 bits per heavy atom. The smallest absolute Gasteiger partial charge is 0.238 e. The topological polar surface area (TPSA) is 32.3 Å². The SMILES string of the molecule is C=C(C)CN(CC)CC(=O)Nc1ccc(Cl)cc1Cl. The molecule has 1 rings (SSSR count). The number of amides is 1. The molecule has 1 aromatic carbocycles. The summed E-state index contributed by atoms with van der Waals surface area (Å²) in [7, 11) is 0. The van der Waals surface area contributed by atoms with Crippen molar-refractivity contribution in [3.63, 3.8) is 0 Å². The van der Waals surface area contributed by atoms with Crippen LogP contribution in [0.15, 0.2) is 30.4 Å². The minimum Gasteiger partial charge on any atom is -0.324 e. The van der Waals surface area contributed by atoms with Gasteiger partial charge in [0.15, 0.2) is 0 Å². The fourth-order valence-corrected chi connectivity index (χ4v) is 2.10. The number of rotatable bonds is 6. The van der Waals surface area contributed by atoms with Crippen LogP contribution in [0, 0.1) is 0 Å². The summed E-state index contributed by atoms with van der Waals surface area (Å²) in [5.74, 6) is -0.104. The highest BCUT2D eigenvalue weighted by Crippen LogP contribution is 2.25. The van der Waals surface area contributed by atoms with Crippen molar-refractivity contribution in [2.24, 2.45) is 0 Å². The van der Waals surface area contributed by atoms with E-state index in [0.717, 1.165) is 12.1 Å². The second kappa shape index (κ2) is 7.53. The predicted octanol–water partition coefficient (Wildman–Crippen LogP) is 3.83. The van der Waals surface area contributed by atoms with E-state index in [4.69, 9.17) is 23.2 Å². The Bertz CT molecular complexity index is 475. The molecule has 0 saturated heterocycles. The molecule has 1 N–H and O–H groups in total. The van der Waals surface area contributed by atoms with Crippen LogP contribution in [-0.2, 0) is 4.79 Å². The maximum atomic E-state index is 11.9. The molecule has 0 radical (unpaired) electrons. The summed E-state index contributed by atoms with van der Waals surface area (Å²) in [6, 6.07) is 4.98. The third-order valence-corrected chi connectivity index (χ3v) is 3.06. The number of hydrogen-bond donors (Lipinski definition) is 1. The summed E-state index contributed by atoms with van der Waals surface area (Å²) in [5.41, 5.74) is 1.60. The Morgan fingerprint density at radius 2 is 2.05 bits per heavy atom. The fraction of sp³-hybridized carbons (Fsp3) is 0.357. The van der Waals surface area contributed by atoms with Crippen LogP contribution in [0.25, 0.3) is 0 Å². The van der Waals surface area contributed by atoms with Crippen molar-refractivity contribution < 1.29 is 4.79 Å². The van der Waals surface area contributed by atoms with Gasteiger partial charge in [-0.15, -0.1) is 0 Å². The van der Waals surface area contributed by atoms with E-state index >= 15 is 0 Å². The summed E-state index contributed by atoms with van der Waals surface area (Å²) < 4.78 is 0. The number of nitrogens with zero attached hydrogens (tertiary/aromatic N) is 1. The number of carbonyl (C=O) groups is 1. The molecule has 0 aliphatic rings. The van der Waals surface area contributed by atoms with Gasteiger partial charge in [-0.05, 0) is 31.7 Å². The Balaban J connectivity index is 2.61. The lowest BCUT2D eigenvalue weighted by Crippen LogP contribution is -2.34. The van der Waals surface area contributed by atoms with Gasteiger partial charge < -0.3 is 5.32 Å². The van der Waals surface area contributed by atoms with E-state index in [1.165, 1.54) is 0 Å². The first kappa shape index (κ1) is 16.0. The lowest BCUT2D eigenvalue weighted by atomic mass is 10.3. The van der Waals surface area contributed by atoms with Gasteiger partial charge in [0.05, 0.1) is 17.3 Å². The van der Waals surface area contributed by atoms with Crippen LogP contribution in [0.4, 0.5) is 5.69 Å². The molecule has 1 aromatic rings. The van der Waals surface area contributed by atoms with Crippen LogP contribution in [0.2, 0.25) is 10.0 Å². The second-order valence-corrected chi connectivity index (χ2v) is 5.28. The molecule has 1 amide bonds. The Morgan fingerprint density at radius 3 is 2.58 bits per heavy atom. The van der Waals surface area contributed by atoms with E-state index in [2.05, 4.69) is 11.9 Å². The van der Waals surface area contributed by atoms with Crippen LogP contribution in [0.1, 0.15) is 13.8 Å². The van der Waals surface area contributed by atoms with Crippen LogP contribution in [0.3, 0.4) is 0 Å². The van der Waals surface area contributed by atoms with Crippen LogP contribution >= 0.6 is 23.2 Å². The number of likely N-dealkylation sites (N-methyl/N-ethyl adjacent to an activating group) is 1. The second-order valence-electron chi connectivity index (χ2n) is 4.43. The summed E-state index contributed by atoms with van der Waals surface area (Å²) in [4.78, 5) is 13.9. The number of carbonyl (C=O) groups excluding carboxylic acids is 1. The average molecular weight is 301 g/mol. The van der Waals surface area contributed by atoms with Crippen molar-refractivity contribution >= 4 is 34.8 Å². The van der Waals surface area contributed by atoms with Gasteiger partial charge in [0.1, 0.15) is 0 Å². The van der Waals surface area contributed by atoms with Gasteiger partial charge in [-0.25, -0.2) is 0 Å². The van der Waals surface area contributed by atoms with Gasteiger partial charge in [0.25, 0.3) is 0 Å². The largest absolute Gasteiger partial charge is 0.324 e. The molecule has 19 heavy (non-hydrogen) atoms. The van der Waals surface area contributed by atoms with Gasteiger partial charge in [-0.3, -0.25) is 9.69 Å². The van der Waals surface area contributed by atoms with Crippen LogP contribution < -0.4 is 5.32 Å². The number of halogens is 2. The van der Waals surface area contributed by atoms with E-state index in [9.17, 15) is 4.79 Å². The molecule has 0 aliphatic carbocycles. The van der Waals surface area contributed by atoms with Crippen molar-refractivity contribution in [2.75, 3.05) is 25.0 Å². The summed E-state index contributed by atoms with van der Waals surface area (Å²) in [6.45, 7) is 9.60. The van der Waals surface area contributed by atoms with Gasteiger partial charge in [0.2, 0.25) is 5.91 Å². The third kappa shape index (κ3) is 5.64. The fourth-order valence-electron chi connectivity index (χ4n) is 1.64. The van der Waals surface area contributed by atoms with Crippen molar-refractivity contribution in [1.82, 2.24) is 4.90 Å². The van der Waals surface area contributed by atoms with E-state index in [1.807, 2.05) is 18.7 Å². The molecule has 0 unspecified atom stereocenters. The first-order chi connectivity index (χ1) is 8.92. The highest BCUT2D eigenvalue weighted by atomic mass is 35.5. The molecule has 0 fully saturated rings. The molecule has 104 valence electrons. The summed E-state index contributed by atoms with van der Waals surface area (Å²) in [6.07, 6.45) is 0. The van der Waals surface area contributed by atoms with E-state index in [0.29, 0.717) is 28.8 Å². The zero-order valence-corrected chi connectivity index (χ0v) is 12.7. The van der Waals surface area contributed by atoms with Crippen molar-refractivity contribution in [2.45, 2.75) is 13.8 Å². The average Bonchev–Trinajstić information content (AvgIpc) is 2.31. The zero-order chi connectivity index (χ0) is 14.4. The maximum Gasteiger partial charge on any atom is 0.238 e. The number of anilines is 1. The van der Waals surface area contributed by atoms with Crippen LogP contribution in [0.5, 0.6) is 0 Å². The molecule has 0 saturated carbocycles. The lowest BCUT2D eigenvalue weighted by Gasteiger charge is -2.20. The highest BCUT2D eigenvalue weighted by molar-refractivity contribution is 6.36. The van der Waals surface area contributed by atoms with Crippen LogP contribution in [-0.4, -0.2) is 30.4 Å². The monoisotopic (exact) mass is 300 g/mol. The van der Waals surface area contributed by atoms with Gasteiger partial charge in [-0.2, -0.15) is 0 Å². The van der Waals surface area contributed by atoms with E-state index < -0.39 is 0 Å². The molecule has 0 heterocycles. The first-order valence-electron chi connectivity index (χ1n) is 6.04. The third-order valence-electron chi connectivity index (χ3n) is 2.51. The molecule has 5 heteroatoms. The molecule has 0 bridgehead atoms. The molecule has 3 nitrogen and oxygen atoms in total. The lowest BCUT2D eigenvalue weighted by molar-refractivity contribution is -0.117. The summed E-state index contributed by atoms with van der Waals surface area (Å²) >= 11 is 11.8. The predicted molar refractivity (Wildman–Crippen MR) is 82.0 cm³/mol. The number of hydrogen-bond acceptors (Lipinski definition) is 2. The molecule has 0 aliphatic heterocycles. The van der Waals surface area contributed by atoms with E-state index in [1.54, 1.807) is 18.2 Å². The van der Waals surface area contributed by atoms with Crippen molar-refractivity contribution in [1.29, 1.82) is 0 Å². The van der Waals surface area contributed by atoms with Crippen molar-refractivity contribution in [3.05, 3.63) is 40.4 Å². The Hall–Kier alpha value is -1.03. The summed E-state index contributed by atoms with van der Waals surface area (Å²) in [5, 5.41) is 3.75. The van der Waals surface area contributed by atoms with E-state index in [-0.39, 0.29) is 5.91 Å². The number of benzene rings is 1. The number of nitrogens with one attached hydrogen (secondary N) is 1. The minimum absolute atomic E-state index is 0.104.